The van der Waals surface area contributed by atoms with Gasteiger partial charge in [0, 0.05) is 5.92 Å². The number of aryl methyl sites for hydroxylation is 1. The molecule has 19 heavy (non-hydrogen) atoms. The molecule has 1 fully saturated rings. The van der Waals surface area contributed by atoms with Crippen molar-refractivity contribution in [2.45, 2.75) is 44.9 Å². The molecule has 0 aromatic carbocycles. The first kappa shape index (κ1) is 12.1. The van der Waals surface area contributed by atoms with Gasteiger partial charge in [-0.3, -0.25) is 0 Å². The van der Waals surface area contributed by atoms with Gasteiger partial charge in [0.2, 0.25) is 11.8 Å². The highest BCUT2D eigenvalue weighted by molar-refractivity contribution is 5.53. The molecule has 5 nitrogen and oxygen atoms in total. The second-order valence-electron chi connectivity index (χ2n) is 5.14. The van der Waals surface area contributed by atoms with E-state index in [-0.39, 0.29) is 5.95 Å². The number of furan rings is 1. The summed E-state index contributed by atoms with van der Waals surface area (Å²) in [7, 11) is 0. The molecule has 0 radical (unpaired) electrons. The van der Waals surface area contributed by atoms with Crippen molar-refractivity contribution in [1.82, 2.24) is 15.0 Å². The Balaban J connectivity index is 1.98. The van der Waals surface area contributed by atoms with Gasteiger partial charge in [0.1, 0.15) is 5.82 Å². The van der Waals surface area contributed by atoms with E-state index in [2.05, 4.69) is 15.0 Å². The Morgan fingerprint density at radius 1 is 1.16 bits per heavy atom. The van der Waals surface area contributed by atoms with Crippen LogP contribution in [-0.2, 0) is 0 Å². The Kier molecular flexibility index (Phi) is 3.19. The number of anilines is 1. The monoisotopic (exact) mass is 258 g/mol. The number of hydrogen-bond acceptors (Lipinski definition) is 5. The lowest BCUT2D eigenvalue weighted by molar-refractivity contribution is 0.428. The number of nitrogen functional groups attached to an aromatic ring is 1. The number of aromatic nitrogens is 3. The molecule has 2 aromatic heterocycles. The van der Waals surface area contributed by atoms with E-state index in [9.17, 15) is 0 Å². The molecule has 2 heterocycles. The summed E-state index contributed by atoms with van der Waals surface area (Å²) in [4.78, 5) is 13.1. The number of nitrogens with two attached hydrogens (primary N) is 1. The van der Waals surface area contributed by atoms with Gasteiger partial charge < -0.3 is 10.2 Å². The third-order valence-corrected chi connectivity index (χ3v) is 3.71. The van der Waals surface area contributed by atoms with Crippen molar-refractivity contribution >= 4 is 5.95 Å². The third kappa shape index (κ3) is 2.45. The normalized spacial score (nSPS) is 16.7. The topological polar surface area (TPSA) is 77.8 Å². The van der Waals surface area contributed by atoms with E-state index in [1.807, 2.05) is 13.0 Å². The smallest absolute Gasteiger partial charge is 0.223 e. The van der Waals surface area contributed by atoms with Crippen LogP contribution in [0.15, 0.2) is 16.7 Å². The van der Waals surface area contributed by atoms with Crippen molar-refractivity contribution in [3.63, 3.8) is 0 Å². The molecule has 0 aliphatic heterocycles. The van der Waals surface area contributed by atoms with Gasteiger partial charge in [0.15, 0.2) is 5.76 Å². The zero-order valence-corrected chi connectivity index (χ0v) is 11.1. The van der Waals surface area contributed by atoms with E-state index in [4.69, 9.17) is 10.2 Å². The molecule has 0 spiro atoms. The third-order valence-electron chi connectivity index (χ3n) is 3.71. The Labute approximate surface area is 112 Å². The molecule has 0 atom stereocenters. The molecule has 0 bridgehead atoms. The summed E-state index contributed by atoms with van der Waals surface area (Å²) in [5.41, 5.74) is 6.83. The Hall–Kier alpha value is -1.91. The zero-order valence-electron chi connectivity index (χ0n) is 11.1. The maximum absolute atomic E-state index is 5.82. The van der Waals surface area contributed by atoms with Crippen LogP contribution < -0.4 is 5.73 Å². The fraction of sp³-hybridized carbons (Fsp3) is 0.500. The fourth-order valence-corrected chi connectivity index (χ4v) is 2.66. The van der Waals surface area contributed by atoms with Crippen LogP contribution in [0.1, 0.15) is 49.4 Å². The van der Waals surface area contributed by atoms with E-state index in [1.165, 1.54) is 19.3 Å². The van der Waals surface area contributed by atoms with Crippen LogP contribution in [0.25, 0.3) is 11.6 Å². The maximum atomic E-state index is 5.82. The lowest BCUT2D eigenvalue weighted by Crippen LogP contribution is -2.12. The predicted octanol–water partition coefficient (Wildman–Crippen LogP) is 3.07. The van der Waals surface area contributed by atoms with Crippen LogP contribution >= 0.6 is 0 Å². The van der Waals surface area contributed by atoms with Gasteiger partial charge in [-0.05, 0) is 31.4 Å². The van der Waals surface area contributed by atoms with Crippen molar-refractivity contribution in [2.24, 2.45) is 0 Å². The average molecular weight is 258 g/mol. The first-order valence-corrected chi connectivity index (χ1v) is 6.80. The molecular weight excluding hydrogens is 240 g/mol. The molecule has 2 N–H and O–H groups in total. The minimum absolute atomic E-state index is 0.279. The molecule has 100 valence electrons. The van der Waals surface area contributed by atoms with E-state index in [1.54, 1.807) is 6.26 Å². The van der Waals surface area contributed by atoms with Crippen LogP contribution in [0.2, 0.25) is 0 Å². The highest BCUT2D eigenvalue weighted by Gasteiger charge is 2.21. The summed E-state index contributed by atoms with van der Waals surface area (Å²) in [5.74, 6) is 2.74. The van der Waals surface area contributed by atoms with Gasteiger partial charge >= 0.3 is 0 Å². The van der Waals surface area contributed by atoms with Crippen LogP contribution in [0, 0.1) is 6.92 Å². The van der Waals surface area contributed by atoms with Gasteiger partial charge in [-0.15, -0.1) is 0 Å². The number of nitrogens with zero attached hydrogens (tertiary/aromatic N) is 3. The van der Waals surface area contributed by atoms with Crippen molar-refractivity contribution in [2.75, 3.05) is 5.73 Å². The van der Waals surface area contributed by atoms with Gasteiger partial charge in [-0.25, -0.2) is 4.98 Å². The molecule has 1 aliphatic rings. The average Bonchev–Trinajstić information content (AvgIpc) is 2.85. The van der Waals surface area contributed by atoms with Crippen LogP contribution in [-0.4, -0.2) is 15.0 Å². The Bertz CT molecular complexity index is 573. The Morgan fingerprint density at radius 2 is 1.95 bits per heavy atom. The molecule has 1 aliphatic carbocycles. The van der Waals surface area contributed by atoms with Gasteiger partial charge in [-0.2, -0.15) is 9.97 Å². The number of hydrogen-bond donors (Lipinski definition) is 1. The summed E-state index contributed by atoms with van der Waals surface area (Å²) < 4.78 is 5.44. The predicted molar refractivity (Wildman–Crippen MR) is 72.5 cm³/mol. The minimum Gasteiger partial charge on any atom is -0.461 e. The standard InChI is InChI=1S/C14H18N4O/c1-9-7-8-19-11(9)13-16-12(17-14(15)18-13)10-5-3-2-4-6-10/h7-8,10H,2-6H2,1H3,(H2,15,16,17,18). The summed E-state index contributed by atoms with van der Waals surface area (Å²) >= 11 is 0. The second kappa shape index (κ2) is 4.99. The van der Waals surface area contributed by atoms with E-state index >= 15 is 0 Å². The van der Waals surface area contributed by atoms with Gasteiger partial charge in [0.25, 0.3) is 0 Å². The van der Waals surface area contributed by atoms with Crippen molar-refractivity contribution in [1.29, 1.82) is 0 Å². The summed E-state index contributed by atoms with van der Waals surface area (Å²) in [6.07, 6.45) is 7.71. The molecule has 1 saturated carbocycles. The first-order chi connectivity index (χ1) is 9.24. The summed E-state index contributed by atoms with van der Waals surface area (Å²) in [5, 5.41) is 0. The van der Waals surface area contributed by atoms with E-state index < -0.39 is 0 Å². The molecule has 3 rings (SSSR count). The maximum Gasteiger partial charge on any atom is 0.223 e. The number of rotatable bonds is 2. The highest BCUT2D eigenvalue weighted by Crippen LogP contribution is 2.32. The van der Waals surface area contributed by atoms with Crippen LogP contribution in [0.4, 0.5) is 5.95 Å². The van der Waals surface area contributed by atoms with Gasteiger partial charge in [0.05, 0.1) is 6.26 Å². The lowest BCUT2D eigenvalue weighted by atomic mass is 9.89. The quantitative estimate of drug-likeness (QED) is 0.895. The SMILES string of the molecule is Cc1ccoc1-c1nc(N)nc(C2CCCCC2)n1. The fourth-order valence-electron chi connectivity index (χ4n) is 2.66. The zero-order chi connectivity index (χ0) is 13.2. The van der Waals surface area contributed by atoms with Crippen molar-refractivity contribution < 1.29 is 4.42 Å². The van der Waals surface area contributed by atoms with Crippen LogP contribution in [0.5, 0.6) is 0 Å². The molecule has 0 saturated heterocycles. The van der Waals surface area contributed by atoms with Crippen LogP contribution in [0.3, 0.4) is 0 Å². The molecule has 0 unspecified atom stereocenters. The molecule has 0 amide bonds. The van der Waals surface area contributed by atoms with E-state index in [0.29, 0.717) is 17.5 Å². The molecule has 5 heteroatoms. The second-order valence-corrected chi connectivity index (χ2v) is 5.14. The highest BCUT2D eigenvalue weighted by atomic mass is 16.3. The van der Waals surface area contributed by atoms with Gasteiger partial charge in [-0.1, -0.05) is 19.3 Å². The van der Waals surface area contributed by atoms with Crippen molar-refractivity contribution in [3.05, 3.63) is 23.7 Å². The molecular formula is C14H18N4O. The largest absolute Gasteiger partial charge is 0.461 e. The lowest BCUT2D eigenvalue weighted by Gasteiger charge is -2.20. The summed E-state index contributed by atoms with van der Waals surface area (Å²) in [6, 6.07) is 1.90. The molecule has 2 aromatic rings. The first-order valence-electron chi connectivity index (χ1n) is 6.80. The Morgan fingerprint density at radius 3 is 2.63 bits per heavy atom. The minimum atomic E-state index is 0.279. The summed E-state index contributed by atoms with van der Waals surface area (Å²) in [6.45, 7) is 1.97. The van der Waals surface area contributed by atoms with Crippen molar-refractivity contribution in [3.8, 4) is 11.6 Å². The van der Waals surface area contributed by atoms with E-state index in [0.717, 1.165) is 24.2 Å².